The second-order valence-electron chi connectivity index (χ2n) is 5.28. The van der Waals surface area contributed by atoms with E-state index in [-0.39, 0.29) is 18.0 Å². The van der Waals surface area contributed by atoms with Gasteiger partial charge in [-0.1, -0.05) is 12.1 Å². The number of hydrogen-bond acceptors (Lipinski definition) is 6. The molecule has 2 aromatic rings. The van der Waals surface area contributed by atoms with Crippen LogP contribution in [-0.2, 0) is 14.3 Å². The fourth-order valence-corrected chi connectivity index (χ4v) is 2.44. The maximum absolute atomic E-state index is 12.5. The topological polar surface area (TPSA) is 98.1 Å². The number of amides is 2. The van der Waals surface area contributed by atoms with Crippen LogP contribution in [0.3, 0.4) is 0 Å². The lowest BCUT2D eigenvalue weighted by molar-refractivity contribution is -0.128. The first-order chi connectivity index (χ1) is 12.1. The van der Waals surface area contributed by atoms with Gasteiger partial charge in [0.2, 0.25) is 0 Å². The Labute approximate surface area is 143 Å². The molecular formula is C17H16N2O6. The Hall–Kier alpha value is -3.29. The number of rotatable bonds is 4. The largest absolute Gasteiger partial charge is 0.477 e. The standard InChI is InChI=1S/C17H16N2O6/c1-18-16(21)14-8-19(12-4-2-3-5-13(12)25-14)15(20)10-24-17(22)11-6-7-23-9-11/h2-7,9,14H,8,10H2,1H3,(H,18,21)/t14-/m1/s1. The predicted octanol–water partition coefficient (Wildman–Crippen LogP) is 0.977. The normalized spacial score (nSPS) is 15.7. The van der Waals surface area contributed by atoms with Crippen LogP contribution in [0.5, 0.6) is 5.75 Å². The van der Waals surface area contributed by atoms with E-state index in [1.165, 1.54) is 30.5 Å². The maximum atomic E-state index is 12.5. The molecule has 8 heteroatoms. The van der Waals surface area contributed by atoms with Crippen LogP contribution in [0.15, 0.2) is 47.3 Å². The molecule has 0 aliphatic carbocycles. The van der Waals surface area contributed by atoms with E-state index in [4.69, 9.17) is 13.9 Å². The Morgan fingerprint density at radius 1 is 1.28 bits per heavy atom. The minimum Gasteiger partial charge on any atom is -0.477 e. The molecule has 0 saturated heterocycles. The minimum atomic E-state index is -0.839. The average molecular weight is 344 g/mol. The van der Waals surface area contributed by atoms with Gasteiger partial charge in [0, 0.05) is 7.05 Å². The van der Waals surface area contributed by atoms with Gasteiger partial charge in [0.05, 0.1) is 24.1 Å². The number of ether oxygens (including phenoxy) is 2. The predicted molar refractivity (Wildman–Crippen MR) is 86.3 cm³/mol. The number of furan rings is 1. The molecule has 0 unspecified atom stereocenters. The summed E-state index contributed by atoms with van der Waals surface area (Å²) in [7, 11) is 1.49. The van der Waals surface area contributed by atoms with E-state index < -0.39 is 24.6 Å². The first-order valence-electron chi connectivity index (χ1n) is 7.57. The molecule has 1 aromatic carbocycles. The lowest BCUT2D eigenvalue weighted by Gasteiger charge is -2.33. The molecule has 1 aromatic heterocycles. The number of nitrogens with one attached hydrogen (secondary N) is 1. The number of hydrogen-bond donors (Lipinski definition) is 1. The van der Waals surface area contributed by atoms with Crippen molar-refractivity contribution in [3.05, 3.63) is 48.4 Å². The Balaban J connectivity index is 1.74. The average Bonchev–Trinajstić information content (AvgIpc) is 3.19. The van der Waals surface area contributed by atoms with Crippen LogP contribution in [-0.4, -0.2) is 44.1 Å². The number of carbonyl (C=O) groups excluding carboxylic acids is 3. The van der Waals surface area contributed by atoms with Crippen molar-refractivity contribution in [3.63, 3.8) is 0 Å². The molecular weight excluding hydrogens is 328 g/mol. The third kappa shape index (κ3) is 3.47. The SMILES string of the molecule is CNC(=O)[C@H]1CN(C(=O)COC(=O)c2ccoc2)c2ccccc2O1. The molecule has 1 atom stereocenters. The van der Waals surface area contributed by atoms with Gasteiger partial charge in [0.1, 0.15) is 12.0 Å². The molecule has 0 saturated carbocycles. The molecule has 3 rings (SSSR count). The molecule has 0 spiro atoms. The fourth-order valence-electron chi connectivity index (χ4n) is 2.44. The van der Waals surface area contributed by atoms with Crippen molar-refractivity contribution in [3.8, 4) is 5.75 Å². The van der Waals surface area contributed by atoms with E-state index in [0.29, 0.717) is 11.4 Å². The fraction of sp³-hybridized carbons (Fsp3) is 0.235. The number of fused-ring (bicyclic) bond motifs is 1. The Morgan fingerprint density at radius 3 is 2.80 bits per heavy atom. The van der Waals surface area contributed by atoms with Crippen molar-refractivity contribution >= 4 is 23.5 Å². The number of anilines is 1. The van der Waals surface area contributed by atoms with Crippen molar-refractivity contribution in [1.82, 2.24) is 5.32 Å². The molecule has 8 nitrogen and oxygen atoms in total. The lowest BCUT2D eigenvalue weighted by Crippen LogP contribution is -2.51. The number of esters is 1. The zero-order valence-corrected chi connectivity index (χ0v) is 13.4. The summed E-state index contributed by atoms with van der Waals surface area (Å²) < 4.78 is 15.4. The minimum absolute atomic E-state index is 0.0266. The first kappa shape index (κ1) is 16.6. The molecule has 25 heavy (non-hydrogen) atoms. The Bertz CT molecular complexity index is 786. The molecule has 2 amide bonds. The highest BCUT2D eigenvalue weighted by molar-refractivity contribution is 5.99. The van der Waals surface area contributed by atoms with Crippen molar-refractivity contribution < 1.29 is 28.3 Å². The summed E-state index contributed by atoms with van der Waals surface area (Å²) in [6.07, 6.45) is 1.73. The van der Waals surface area contributed by atoms with E-state index in [1.807, 2.05) is 0 Å². The highest BCUT2D eigenvalue weighted by Gasteiger charge is 2.33. The van der Waals surface area contributed by atoms with Gasteiger partial charge in [0.15, 0.2) is 12.7 Å². The van der Waals surface area contributed by atoms with Crippen molar-refractivity contribution in [1.29, 1.82) is 0 Å². The smallest absolute Gasteiger partial charge is 0.341 e. The van der Waals surface area contributed by atoms with Gasteiger partial charge in [-0.25, -0.2) is 4.79 Å². The van der Waals surface area contributed by atoms with E-state index in [2.05, 4.69) is 5.32 Å². The van der Waals surface area contributed by atoms with Gasteiger partial charge in [-0.15, -0.1) is 0 Å². The van der Waals surface area contributed by atoms with Gasteiger partial charge in [-0.05, 0) is 18.2 Å². The first-order valence-corrected chi connectivity index (χ1v) is 7.57. The van der Waals surface area contributed by atoms with Gasteiger partial charge in [0.25, 0.3) is 11.8 Å². The Morgan fingerprint density at radius 2 is 2.08 bits per heavy atom. The number of nitrogens with zero attached hydrogens (tertiary/aromatic N) is 1. The van der Waals surface area contributed by atoms with Crippen molar-refractivity contribution in [2.45, 2.75) is 6.10 Å². The van der Waals surface area contributed by atoms with E-state index >= 15 is 0 Å². The molecule has 0 radical (unpaired) electrons. The third-order valence-corrected chi connectivity index (χ3v) is 3.70. The van der Waals surface area contributed by atoms with Crippen LogP contribution in [0.2, 0.25) is 0 Å². The van der Waals surface area contributed by atoms with Crippen LogP contribution in [0.25, 0.3) is 0 Å². The summed E-state index contributed by atoms with van der Waals surface area (Å²) in [5.41, 5.74) is 0.741. The van der Waals surface area contributed by atoms with Crippen molar-refractivity contribution in [2.24, 2.45) is 0 Å². The molecule has 0 fully saturated rings. The van der Waals surface area contributed by atoms with Gasteiger partial charge < -0.3 is 24.1 Å². The molecule has 1 N–H and O–H groups in total. The van der Waals surface area contributed by atoms with Crippen molar-refractivity contribution in [2.75, 3.05) is 25.1 Å². The zero-order chi connectivity index (χ0) is 17.8. The van der Waals surface area contributed by atoms with Gasteiger partial charge >= 0.3 is 5.97 Å². The van der Waals surface area contributed by atoms with Crippen LogP contribution in [0, 0.1) is 0 Å². The van der Waals surface area contributed by atoms with Crippen LogP contribution in [0.4, 0.5) is 5.69 Å². The molecule has 2 heterocycles. The zero-order valence-electron chi connectivity index (χ0n) is 13.4. The summed E-state index contributed by atoms with van der Waals surface area (Å²) in [4.78, 5) is 37.6. The summed E-state index contributed by atoms with van der Waals surface area (Å²) in [6, 6.07) is 8.30. The third-order valence-electron chi connectivity index (χ3n) is 3.70. The van der Waals surface area contributed by atoms with E-state index in [0.717, 1.165) is 0 Å². The number of para-hydroxylation sites is 2. The van der Waals surface area contributed by atoms with Gasteiger partial charge in [-0.3, -0.25) is 9.59 Å². The quantitative estimate of drug-likeness (QED) is 0.830. The second kappa shape index (κ2) is 7.08. The number of carbonyl (C=O) groups is 3. The molecule has 1 aliphatic rings. The van der Waals surface area contributed by atoms with Crippen LogP contribution in [0.1, 0.15) is 10.4 Å². The molecule has 0 bridgehead atoms. The van der Waals surface area contributed by atoms with E-state index in [1.54, 1.807) is 24.3 Å². The number of likely N-dealkylation sites (N-methyl/N-ethyl adjacent to an activating group) is 1. The molecule has 130 valence electrons. The lowest BCUT2D eigenvalue weighted by atomic mass is 10.1. The monoisotopic (exact) mass is 344 g/mol. The Kier molecular flexibility index (Phi) is 4.69. The summed E-state index contributed by atoms with van der Waals surface area (Å²) in [5.74, 6) is -1.05. The molecule has 1 aliphatic heterocycles. The van der Waals surface area contributed by atoms with E-state index in [9.17, 15) is 14.4 Å². The maximum Gasteiger partial charge on any atom is 0.341 e. The van der Waals surface area contributed by atoms with Gasteiger partial charge in [-0.2, -0.15) is 0 Å². The second-order valence-corrected chi connectivity index (χ2v) is 5.28. The van der Waals surface area contributed by atoms with Crippen LogP contribution >= 0.6 is 0 Å². The van der Waals surface area contributed by atoms with Crippen LogP contribution < -0.4 is 15.0 Å². The summed E-state index contributed by atoms with van der Waals surface area (Å²) in [6.45, 7) is -0.433. The highest BCUT2D eigenvalue weighted by atomic mass is 16.5. The number of benzene rings is 1. The summed E-state index contributed by atoms with van der Waals surface area (Å²) >= 11 is 0. The highest BCUT2D eigenvalue weighted by Crippen LogP contribution is 2.33. The summed E-state index contributed by atoms with van der Waals surface area (Å²) in [5, 5.41) is 2.50.